The lowest BCUT2D eigenvalue weighted by Crippen LogP contribution is -2.52. The highest BCUT2D eigenvalue weighted by Crippen LogP contribution is 2.29. The number of carbonyl (C=O) groups excluding carboxylic acids is 2. The maximum atomic E-state index is 13.9. The molecule has 2 aromatic rings. The van der Waals surface area contributed by atoms with Gasteiger partial charge in [0.05, 0.1) is 44.5 Å². The Morgan fingerprint density at radius 2 is 1.72 bits per heavy atom. The summed E-state index contributed by atoms with van der Waals surface area (Å²) >= 11 is 0. The molecule has 0 radical (unpaired) electrons. The molecule has 0 saturated carbocycles. The lowest BCUT2D eigenvalue weighted by atomic mass is 9.87. The van der Waals surface area contributed by atoms with E-state index >= 15 is 0 Å². The Kier molecular flexibility index (Phi) is 12.8. The molecule has 0 bridgehead atoms. The van der Waals surface area contributed by atoms with Crippen LogP contribution < -0.4 is 10.1 Å². The molecule has 2 N–H and O–H groups in total. The van der Waals surface area contributed by atoms with Gasteiger partial charge in [0.25, 0.3) is 0 Å². The van der Waals surface area contributed by atoms with E-state index in [4.69, 9.17) is 23.7 Å². The van der Waals surface area contributed by atoms with Crippen LogP contribution in [0.2, 0.25) is 0 Å². The van der Waals surface area contributed by atoms with Gasteiger partial charge in [0, 0.05) is 19.5 Å². The number of nitrogens with one attached hydrogen (secondary N) is 1. The van der Waals surface area contributed by atoms with Crippen molar-refractivity contribution in [3.63, 3.8) is 0 Å². The number of hydrogen-bond donors (Lipinski definition) is 2. The monoisotopic (exact) mass is 622 g/mol. The van der Waals surface area contributed by atoms with Gasteiger partial charge in [-0.3, -0.25) is 4.79 Å². The number of aliphatic hydroxyl groups excluding tert-OH is 1. The minimum Gasteiger partial charge on any atom is -0.497 e. The standard InChI is InChI=1S/C30H42N2O10S/c1-30(2,15-14-28(34)39-4)20-32(43(36,37)25-12-10-23(38-3)11-13-25)17-27(33)26(16-22-8-6-5-7-9-22)31-29(35)42-24-18-40-21-41-19-24/h5-13,24,26-27,33H,14-21H2,1-4H3,(H,31,35)/t26-,27+/m0/s1. The summed E-state index contributed by atoms with van der Waals surface area (Å²) < 4.78 is 54.8. The first-order chi connectivity index (χ1) is 20.4. The number of amides is 1. The fourth-order valence-corrected chi connectivity index (χ4v) is 6.25. The third-order valence-electron chi connectivity index (χ3n) is 7.04. The average Bonchev–Trinajstić information content (AvgIpc) is 3.00. The number of esters is 1. The number of rotatable bonds is 15. The van der Waals surface area contributed by atoms with Gasteiger partial charge < -0.3 is 34.1 Å². The Hall–Kier alpha value is -3.23. The van der Waals surface area contributed by atoms with Crippen LogP contribution in [0, 0.1) is 5.41 Å². The molecule has 2 atom stereocenters. The molecule has 0 unspecified atom stereocenters. The molecule has 0 spiro atoms. The zero-order valence-corrected chi connectivity index (χ0v) is 25.9. The van der Waals surface area contributed by atoms with Gasteiger partial charge in [-0.25, -0.2) is 13.2 Å². The van der Waals surface area contributed by atoms with Crippen LogP contribution in [0.25, 0.3) is 0 Å². The average molecular weight is 623 g/mol. The minimum absolute atomic E-state index is 0.00791. The van der Waals surface area contributed by atoms with Crippen molar-refractivity contribution in [2.45, 2.75) is 56.3 Å². The van der Waals surface area contributed by atoms with E-state index in [9.17, 15) is 23.1 Å². The van der Waals surface area contributed by atoms with Crippen LogP contribution >= 0.6 is 0 Å². The highest BCUT2D eigenvalue weighted by atomic mass is 32.2. The van der Waals surface area contributed by atoms with Gasteiger partial charge in [-0.05, 0) is 48.1 Å². The van der Waals surface area contributed by atoms with Gasteiger partial charge in [0.1, 0.15) is 12.5 Å². The highest BCUT2D eigenvalue weighted by Gasteiger charge is 2.35. The molecule has 13 heteroatoms. The van der Waals surface area contributed by atoms with Crippen LogP contribution in [0.15, 0.2) is 59.5 Å². The minimum atomic E-state index is -4.13. The van der Waals surface area contributed by atoms with E-state index in [0.29, 0.717) is 12.2 Å². The molecule has 1 amide bonds. The van der Waals surface area contributed by atoms with Gasteiger partial charge in [0.2, 0.25) is 10.0 Å². The number of methoxy groups -OCH3 is 2. The molecule has 2 aromatic carbocycles. The number of aliphatic hydroxyl groups is 1. The second-order valence-corrected chi connectivity index (χ2v) is 13.0. The van der Waals surface area contributed by atoms with E-state index in [1.807, 2.05) is 44.2 Å². The van der Waals surface area contributed by atoms with E-state index in [1.54, 1.807) is 12.1 Å². The van der Waals surface area contributed by atoms with Crippen molar-refractivity contribution < 1.29 is 46.8 Å². The normalized spacial score (nSPS) is 15.9. The van der Waals surface area contributed by atoms with Crippen molar-refractivity contribution in [3.05, 3.63) is 60.2 Å². The first kappa shape index (κ1) is 34.3. The summed E-state index contributed by atoms with van der Waals surface area (Å²) in [7, 11) is -1.35. The van der Waals surface area contributed by atoms with E-state index in [1.165, 1.54) is 30.7 Å². The molecule has 3 rings (SSSR count). The van der Waals surface area contributed by atoms with E-state index in [2.05, 4.69) is 5.32 Å². The van der Waals surface area contributed by atoms with Crippen molar-refractivity contribution >= 4 is 22.1 Å². The molecular formula is C30H42N2O10S. The lowest BCUT2D eigenvalue weighted by Gasteiger charge is -2.35. The zero-order valence-electron chi connectivity index (χ0n) is 25.1. The third kappa shape index (κ3) is 10.8. The van der Waals surface area contributed by atoms with Gasteiger partial charge in [0.15, 0.2) is 6.10 Å². The Balaban J connectivity index is 1.87. The number of benzene rings is 2. The summed E-state index contributed by atoms with van der Waals surface area (Å²) in [5.41, 5.74) is 0.148. The van der Waals surface area contributed by atoms with Crippen LogP contribution in [0.3, 0.4) is 0 Å². The molecule has 238 valence electrons. The summed E-state index contributed by atoms with van der Waals surface area (Å²) in [6.45, 7) is 3.78. The Labute approximate surface area is 253 Å². The van der Waals surface area contributed by atoms with Crippen LogP contribution in [-0.4, -0.2) is 95.5 Å². The number of carbonyl (C=O) groups is 2. The zero-order chi connectivity index (χ0) is 31.5. The van der Waals surface area contributed by atoms with Crippen LogP contribution in [0.1, 0.15) is 32.3 Å². The first-order valence-corrected chi connectivity index (χ1v) is 15.4. The Morgan fingerprint density at radius 1 is 1.07 bits per heavy atom. The van der Waals surface area contributed by atoms with Crippen molar-refractivity contribution in [1.82, 2.24) is 9.62 Å². The fourth-order valence-electron chi connectivity index (χ4n) is 4.60. The molecule has 1 aliphatic heterocycles. The summed E-state index contributed by atoms with van der Waals surface area (Å²) in [6.07, 6.45) is -2.10. The number of ether oxygens (including phenoxy) is 5. The molecule has 43 heavy (non-hydrogen) atoms. The first-order valence-electron chi connectivity index (χ1n) is 14.0. The second-order valence-electron chi connectivity index (χ2n) is 11.1. The van der Waals surface area contributed by atoms with Gasteiger partial charge in [-0.15, -0.1) is 0 Å². The van der Waals surface area contributed by atoms with Crippen molar-refractivity contribution in [2.24, 2.45) is 5.41 Å². The number of sulfonamides is 1. The van der Waals surface area contributed by atoms with Crippen LogP contribution in [0.4, 0.5) is 4.79 Å². The molecule has 0 aliphatic carbocycles. The molecule has 1 fully saturated rings. The predicted molar refractivity (Wildman–Crippen MR) is 157 cm³/mol. The summed E-state index contributed by atoms with van der Waals surface area (Å²) in [5, 5.41) is 14.2. The van der Waals surface area contributed by atoms with Gasteiger partial charge in [-0.2, -0.15) is 4.31 Å². The molecule has 1 aliphatic rings. The van der Waals surface area contributed by atoms with Crippen molar-refractivity contribution in [2.75, 3.05) is 47.3 Å². The van der Waals surface area contributed by atoms with E-state index in [-0.39, 0.29) is 50.8 Å². The summed E-state index contributed by atoms with van der Waals surface area (Å²) in [6, 6.07) is 14.2. The van der Waals surface area contributed by atoms with E-state index < -0.39 is 45.8 Å². The van der Waals surface area contributed by atoms with Gasteiger partial charge >= 0.3 is 12.1 Å². The molecule has 1 saturated heterocycles. The lowest BCUT2D eigenvalue weighted by molar-refractivity contribution is -0.151. The third-order valence-corrected chi connectivity index (χ3v) is 8.87. The Bertz CT molecular complexity index is 1270. The largest absolute Gasteiger partial charge is 0.497 e. The maximum Gasteiger partial charge on any atom is 0.407 e. The maximum absolute atomic E-state index is 13.9. The predicted octanol–water partition coefficient (Wildman–Crippen LogP) is 2.74. The molecule has 0 aromatic heterocycles. The molecular weight excluding hydrogens is 580 g/mol. The van der Waals surface area contributed by atoms with Crippen molar-refractivity contribution in [3.8, 4) is 5.75 Å². The van der Waals surface area contributed by atoms with Gasteiger partial charge in [-0.1, -0.05) is 44.2 Å². The summed E-state index contributed by atoms with van der Waals surface area (Å²) in [5.74, 6) is 0.0837. The molecule has 1 heterocycles. The SMILES string of the molecule is COC(=O)CCC(C)(C)CN(C[C@@H](O)[C@H](Cc1ccccc1)NC(=O)OC1COCOC1)S(=O)(=O)c1ccc(OC)cc1. The highest BCUT2D eigenvalue weighted by molar-refractivity contribution is 7.89. The quantitative estimate of drug-likeness (QED) is 0.284. The Morgan fingerprint density at radius 3 is 2.33 bits per heavy atom. The fraction of sp³-hybridized carbons (Fsp3) is 0.533. The number of nitrogens with zero attached hydrogens (tertiary/aromatic N) is 1. The number of hydrogen-bond acceptors (Lipinski definition) is 10. The smallest absolute Gasteiger partial charge is 0.407 e. The van der Waals surface area contributed by atoms with E-state index in [0.717, 1.165) is 5.56 Å². The molecule has 12 nitrogen and oxygen atoms in total. The summed E-state index contributed by atoms with van der Waals surface area (Å²) in [4.78, 5) is 24.7. The van der Waals surface area contributed by atoms with Crippen molar-refractivity contribution in [1.29, 1.82) is 0 Å². The number of alkyl carbamates (subject to hydrolysis) is 1. The second kappa shape index (κ2) is 16.0. The topological polar surface area (TPSA) is 150 Å². The van der Waals surface area contributed by atoms with Crippen LogP contribution in [-0.2, 0) is 40.2 Å². The van der Waals surface area contributed by atoms with Crippen LogP contribution in [0.5, 0.6) is 5.75 Å².